The van der Waals surface area contributed by atoms with E-state index < -0.39 is 80.4 Å². The summed E-state index contributed by atoms with van der Waals surface area (Å²) in [5, 5.41) is 0. The first-order valence-corrected chi connectivity index (χ1v) is 17.5. The third-order valence-corrected chi connectivity index (χ3v) is 9.75. The molecule has 0 N–H and O–H groups in total. The van der Waals surface area contributed by atoms with Crippen molar-refractivity contribution in [3.63, 3.8) is 0 Å². The molecule has 4 nitrogen and oxygen atoms in total. The topological polar surface area (TPSA) is 55.2 Å². The van der Waals surface area contributed by atoms with Gasteiger partial charge in [0, 0.05) is 17.1 Å². The molecule has 0 saturated carbocycles. The van der Waals surface area contributed by atoms with E-state index in [-0.39, 0.29) is 67.1 Å². The molecular weight excluding hydrogens is 850 g/mol. The predicted molar refractivity (Wildman–Crippen MR) is 203 cm³/mol. The Bertz CT molecular complexity index is 3160. The van der Waals surface area contributed by atoms with Crippen LogP contribution in [-0.2, 0) is 17.1 Å². The molecule has 1 aliphatic heterocycles. The minimum Gasteiger partial charge on any atom is -0.658 e. The second-order valence-corrected chi connectivity index (χ2v) is 13.2. The average molecular weight is 869 g/mol. The van der Waals surface area contributed by atoms with Gasteiger partial charge in [-0.2, -0.15) is 11.0 Å². The molecule has 1 aliphatic rings. The van der Waals surface area contributed by atoms with Crippen molar-refractivity contribution in [2.24, 2.45) is 0 Å². The molecule has 303 valence electrons. The Hall–Kier alpha value is -6.83. The molecule has 0 unspecified atom stereocenters. The maximum Gasteiger partial charge on any atom is 0.200 e. The summed E-state index contributed by atoms with van der Waals surface area (Å²) < 4.78 is 150. The van der Waals surface area contributed by atoms with E-state index in [0.29, 0.717) is 5.56 Å². The molecule has 0 atom stereocenters. The molecule has 0 saturated heterocycles. The Morgan fingerprint density at radius 1 is 0.333 bits per heavy atom. The van der Waals surface area contributed by atoms with Gasteiger partial charge in [-0.05, 0) is 45.5 Å². The fourth-order valence-corrected chi connectivity index (χ4v) is 6.94. The number of halogens is 10. The number of hydrogen-bond acceptors (Lipinski definition) is 1. The van der Waals surface area contributed by atoms with Crippen LogP contribution in [-0.4, -0.2) is 4.98 Å². The Morgan fingerprint density at radius 3 is 1.17 bits per heavy atom. The first-order chi connectivity index (χ1) is 28.4. The van der Waals surface area contributed by atoms with Gasteiger partial charge in [-0.1, -0.05) is 103 Å². The molecule has 9 rings (SSSR count). The standard InChI is InChI=1S/C45H19F10N4.Cu/c46-36-34(37(47)41(51)44(54)40(36)50)32-27-14-12-23(56-27)24-13-15-28(57-24)33(35-38(48)42(52)45(55)43(53)39(35)49)30-19-17-26(59-30)31(25-16-18-29(32)58-25)22-10-8-21(9-11-22)7-6-20-4-2-1-3-5-20;/h1-19H;/q-3;/b7-6+,24-23?,31-25?,31-26?,32-27?,32-29?,33-28?,33-30?;. The van der Waals surface area contributed by atoms with Crippen molar-refractivity contribution >= 4 is 57.4 Å². The van der Waals surface area contributed by atoms with Crippen molar-refractivity contribution in [1.29, 1.82) is 0 Å². The van der Waals surface area contributed by atoms with Crippen molar-refractivity contribution < 1.29 is 61.0 Å². The van der Waals surface area contributed by atoms with Gasteiger partial charge in [0.1, 0.15) is 0 Å². The molecule has 60 heavy (non-hydrogen) atoms. The van der Waals surface area contributed by atoms with Gasteiger partial charge in [0.15, 0.2) is 46.5 Å². The third-order valence-electron chi connectivity index (χ3n) is 9.75. The van der Waals surface area contributed by atoms with Crippen LogP contribution in [0.3, 0.4) is 0 Å². The molecule has 4 aromatic heterocycles. The van der Waals surface area contributed by atoms with Gasteiger partial charge >= 0.3 is 0 Å². The van der Waals surface area contributed by atoms with E-state index in [9.17, 15) is 26.3 Å². The summed E-state index contributed by atoms with van der Waals surface area (Å²) in [6.45, 7) is 0. The van der Waals surface area contributed by atoms with Crippen LogP contribution in [0.5, 0.6) is 0 Å². The molecule has 8 bridgehead atoms. The van der Waals surface area contributed by atoms with E-state index in [4.69, 9.17) is 0 Å². The van der Waals surface area contributed by atoms with Gasteiger partial charge in [0.2, 0.25) is 11.6 Å². The van der Waals surface area contributed by atoms with Crippen molar-refractivity contribution in [1.82, 2.24) is 19.9 Å². The molecule has 8 aromatic rings. The quantitative estimate of drug-likeness (QED) is 0.0568. The number of aromatic nitrogens is 4. The van der Waals surface area contributed by atoms with Crippen LogP contribution in [0.15, 0.2) is 91.0 Å². The Labute approximate surface area is 342 Å². The fraction of sp³-hybridized carbons (Fsp3) is 0. The van der Waals surface area contributed by atoms with Crippen molar-refractivity contribution in [3.05, 3.63) is 172 Å². The zero-order valence-corrected chi connectivity index (χ0v) is 30.8. The summed E-state index contributed by atoms with van der Waals surface area (Å²) in [4.78, 5) is 17.9. The number of nitrogens with zero attached hydrogens (tertiary/aromatic N) is 4. The van der Waals surface area contributed by atoms with Gasteiger partial charge < -0.3 is 15.0 Å². The monoisotopic (exact) mass is 868 g/mol. The van der Waals surface area contributed by atoms with E-state index in [1.165, 1.54) is 48.6 Å². The summed E-state index contributed by atoms with van der Waals surface area (Å²) in [6, 6.07) is 23.9. The van der Waals surface area contributed by atoms with Crippen LogP contribution in [0.1, 0.15) is 22.5 Å². The molecular formula is C45H19CuF10N4-3. The van der Waals surface area contributed by atoms with Crippen LogP contribution < -0.4 is 15.0 Å². The van der Waals surface area contributed by atoms with Gasteiger partial charge in [0.05, 0.1) is 22.5 Å². The van der Waals surface area contributed by atoms with Gasteiger partial charge in [-0.15, -0.1) is 22.1 Å². The van der Waals surface area contributed by atoms with E-state index in [2.05, 4.69) is 19.9 Å². The minimum atomic E-state index is -2.38. The summed E-state index contributed by atoms with van der Waals surface area (Å²) in [7, 11) is 0. The first kappa shape index (κ1) is 40.0. The van der Waals surface area contributed by atoms with Crippen LogP contribution in [0.25, 0.3) is 90.8 Å². The van der Waals surface area contributed by atoms with Gasteiger partial charge in [0.25, 0.3) is 0 Å². The summed E-state index contributed by atoms with van der Waals surface area (Å²) >= 11 is 0. The molecule has 0 spiro atoms. The Morgan fingerprint density at radius 2 is 0.683 bits per heavy atom. The Kier molecular flexibility index (Phi) is 10.3. The van der Waals surface area contributed by atoms with E-state index in [1.807, 2.05) is 42.5 Å². The van der Waals surface area contributed by atoms with Crippen LogP contribution >= 0.6 is 0 Å². The largest absolute Gasteiger partial charge is 0.658 e. The number of benzene rings is 4. The van der Waals surface area contributed by atoms with Gasteiger partial charge in [-0.3, -0.25) is 0 Å². The maximum atomic E-state index is 15.6. The maximum absolute atomic E-state index is 15.6. The summed E-state index contributed by atoms with van der Waals surface area (Å²) in [6.07, 6.45) is 6.39. The Balaban J connectivity index is 0.00000499. The normalized spacial score (nSPS) is 11.9. The van der Waals surface area contributed by atoms with Crippen molar-refractivity contribution in [3.8, 4) is 33.4 Å². The second kappa shape index (κ2) is 15.4. The van der Waals surface area contributed by atoms with E-state index in [1.54, 1.807) is 24.3 Å². The number of hydrogen-bond donors (Lipinski definition) is 0. The van der Waals surface area contributed by atoms with E-state index >= 15 is 17.6 Å². The molecule has 15 heteroatoms. The van der Waals surface area contributed by atoms with Crippen LogP contribution in [0, 0.1) is 58.2 Å². The first-order valence-electron chi connectivity index (χ1n) is 17.5. The zero-order valence-electron chi connectivity index (χ0n) is 29.8. The molecule has 0 aliphatic carbocycles. The van der Waals surface area contributed by atoms with Crippen molar-refractivity contribution in [2.75, 3.05) is 0 Å². The summed E-state index contributed by atoms with van der Waals surface area (Å²) in [5.41, 5.74) is -2.67. The average Bonchev–Trinajstić information content (AvgIpc) is 4.10. The van der Waals surface area contributed by atoms with Gasteiger partial charge in [-0.25, -0.2) is 48.9 Å². The van der Waals surface area contributed by atoms with E-state index in [0.717, 1.165) is 11.1 Å². The predicted octanol–water partition coefficient (Wildman–Crippen LogP) is 12.1. The fourth-order valence-electron chi connectivity index (χ4n) is 6.94. The molecule has 0 amide bonds. The van der Waals surface area contributed by atoms with Crippen molar-refractivity contribution in [2.45, 2.75) is 0 Å². The zero-order chi connectivity index (χ0) is 41.3. The molecule has 5 heterocycles. The number of rotatable bonds is 5. The SMILES string of the molecule is Fc1c(F)c(F)c(-c2c3nc(c(-c4ccc(/C=C/c5ccccc5)cc4)c4ccc([n-]4)c(-c4c(F)c(F)c(F)c(F)c4F)c4ccc([n-]4)c4ccc2[n-]4)C=C3)c(F)c1F.[Cu]. The smallest absolute Gasteiger partial charge is 0.200 e. The second-order valence-electron chi connectivity index (χ2n) is 13.2. The molecule has 1 radical (unpaired) electrons. The minimum absolute atomic E-state index is 0. The summed E-state index contributed by atoms with van der Waals surface area (Å²) in [5.74, 6) is -22.2. The van der Waals surface area contributed by atoms with Crippen LogP contribution in [0.4, 0.5) is 43.9 Å². The van der Waals surface area contributed by atoms with Crippen LogP contribution in [0.2, 0.25) is 0 Å². The molecule has 4 aromatic carbocycles. The molecule has 0 fully saturated rings. The third kappa shape index (κ3) is 6.56. The number of fused-ring (bicyclic) bond motifs is 9.